The second-order valence-corrected chi connectivity index (χ2v) is 4.35. The van der Waals surface area contributed by atoms with Crippen LogP contribution in [0.4, 0.5) is 0 Å². The van der Waals surface area contributed by atoms with Gasteiger partial charge in [-0.1, -0.05) is 24.2 Å². The number of nitrogens with zero attached hydrogens (tertiary/aromatic N) is 3. The Kier molecular flexibility index (Phi) is 2.87. The molecule has 2 aromatic heterocycles. The molecule has 0 saturated heterocycles. The Morgan fingerprint density at radius 2 is 1.94 bits per heavy atom. The Labute approximate surface area is 98.2 Å². The highest BCUT2D eigenvalue weighted by Crippen LogP contribution is 2.16. The van der Waals surface area contributed by atoms with Gasteiger partial charge in [-0.05, 0) is 13.8 Å². The zero-order valence-corrected chi connectivity index (χ0v) is 10.4. The summed E-state index contributed by atoms with van der Waals surface area (Å²) in [6, 6.07) is 0. The number of hydrogen-bond acceptors (Lipinski definition) is 5. The van der Waals surface area contributed by atoms with Gasteiger partial charge in [-0.3, -0.25) is 9.09 Å². The molecule has 0 aromatic carbocycles. The third-order valence-corrected chi connectivity index (χ3v) is 2.73. The van der Waals surface area contributed by atoms with Crippen molar-refractivity contribution in [2.75, 3.05) is 0 Å². The Morgan fingerprint density at radius 1 is 1.24 bits per heavy atom. The van der Waals surface area contributed by atoms with Crippen molar-refractivity contribution in [3.63, 3.8) is 0 Å². The molecule has 2 heterocycles. The van der Waals surface area contributed by atoms with Gasteiger partial charge in [0.05, 0.1) is 12.2 Å². The van der Waals surface area contributed by atoms with Crippen molar-refractivity contribution in [3.05, 3.63) is 33.4 Å². The Bertz CT molecular complexity index is 558. The van der Waals surface area contributed by atoms with E-state index >= 15 is 0 Å². The molecule has 0 spiro atoms. The summed E-state index contributed by atoms with van der Waals surface area (Å²) in [5.41, 5.74) is 1.68. The summed E-state index contributed by atoms with van der Waals surface area (Å²) in [7, 11) is 0. The van der Waals surface area contributed by atoms with E-state index in [-0.39, 0.29) is 5.92 Å². The van der Waals surface area contributed by atoms with Crippen LogP contribution >= 0.6 is 0 Å². The lowest BCUT2D eigenvalue weighted by molar-refractivity contribution is 0.373. The fraction of sp³-hybridized carbons (Fsp3) is 0.545. The van der Waals surface area contributed by atoms with Gasteiger partial charge in [-0.2, -0.15) is 0 Å². The third-order valence-electron chi connectivity index (χ3n) is 2.73. The average Bonchev–Trinajstić information content (AvgIpc) is 2.77. The van der Waals surface area contributed by atoms with E-state index in [0.717, 1.165) is 11.3 Å². The lowest BCUT2D eigenvalue weighted by Crippen LogP contribution is -2.19. The average molecular weight is 237 g/mol. The van der Waals surface area contributed by atoms with E-state index in [2.05, 4.69) is 10.3 Å². The maximum atomic E-state index is 11.6. The van der Waals surface area contributed by atoms with Gasteiger partial charge in [0.2, 0.25) is 0 Å². The quantitative estimate of drug-likeness (QED) is 0.810. The summed E-state index contributed by atoms with van der Waals surface area (Å²) in [4.78, 5) is 11.6. The van der Waals surface area contributed by atoms with Crippen LogP contribution in [-0.4, -0.2) is 14.9 Å². The van der Waals surface area contributed by atoms with Crippen LogP contribution in [0.2, 0.25) is 0 Å². The first-order valence-electron chi connectivity index (χ1n) is 5.49. The van der Waals surface area contributed by atoms with Crippen molar-refractivity contribution in [2.45, 2.75) is 40.2 Å². The van der Waals surface area contributed by atoms with E-state index in [1.807, 2.05) is 27.7 Å². The molecule has 0 saturated carbocycles. The van der Waals surface area contributed by atoms with Crippen LogP contribution in [0.25, 0.3) is 0 Å². The van der Waals surface area contributed by atoms with E-state index in [9.17, 15) is 4.79 Å². The van der Waals surface area contributed by atoms with Crippen LogP contribution in [0.15, 0.2) is 13.8 Å². The zero-order chi connectivity index (χ0) is 12.6. The van der Waals surface area contributed by atoms with Crippen molar-refractivity contribution in [1.82, 2.24) is 14.9 Å². The smallest absolute Gasteiger partial charge is 0.361 e. The maximum absolute atomic E-state index is 11.6. The lowest BCUT2D eigenvalue weighted by Gasteiger charge is -2.06. The molecule has 92 valence electrons. The van der Waals surface area contributed by atoms with Gasteiger partial charge in [0.15, 0.2) is 5.82 Å². The van der Waals surface area contributed by atoms with Crippen LogP contribution in [0, 0.1) is 13.8 Å². The highest BCUT2D eigenvalue weighted by Gasteiger charge is 2.17. The molecule has 0 unspecified atom stereocenters. The van der Waals surface area contributed by atoms with Crippen molar-refractivity contribution >= 4 is 0 Å². The highest BCUT2D eigenvalue weighted by molar-refractivity contribution is 5.21. The van der Waals surface area contributed by atoms with Crippen LogP contribution in [0.1, 0.15) is 42.6 Å². The van der Waals surface area contributed by atoms with Crippen LogP contribution in [0.5, 0.6) is 0 Å². The fourth-order valence-electron chi connectivity index (χ4n) is 1.73. The summed E-state index contributed by atoms with van der Waals surface area (Å²) in [6.07, 6.45) is 0. The number of rotatable bonds is 3. The zero-order valence-electron chi connectivity index (χ0n) is 10.4. The Balaban J connectivity index is 2.43. The Morgan fingerprint density at radius 3 is 2.47 bits per heavy atom. The highest BCUT2D eigenvalue weighted by atomic mass is 16.5. The van der Waals surface area contributed by atoms with E-state index in [1.165, 1.54) is 4.57 Å². The van der Waals surface area contributed by atoms with E-state index in [0.29, 0.717) is 18.1 Å². The molecule has 6 heteroatoms. The largest absolute Gasteiger partial charge is 0.441 e. The standard InChI is InChI=1S/C11H15N3O3/c1-6(2)10-13-17-11(15)14(10)5-9-7(3)12-16-8(9)4/h6H,5H2,1-4H3. The first-order chi connectivity index (χ1) is 8.00. The molecule has 0 aliphatic heterocycles. The molecule has 2 rings (SSSR count). The van der Waals surface area contributed by atoms with Gasteiger partial charge >= 0.3 is 5.76 Å². The predicted octanol–water partition coefficient (Wildman–Crippen LogP) is 1.61. The number of hydrogen-bond donors (Lipinski definition) is 0. The predicted molar refractivity (Wildman–Crippen MR) is 59.9 cm³/mol. The summed E-state index contributed by atoms with van der Waals surface area (Å²) in [5, 5.41) is 7.64. The van der Waals surface area contributed by atoms with Crippen molar-refractivity contribution in [2.24, 2.45) is 0 Å². The molecule has 17 heavy (non-hydrogen) atoms. The summed E-state index contributed by atoms with van der Waals surface area (Å²) in [5.74, 6) is 1.02. The van der Waals surface area contributed by atoms with Crippen molar-refractivity contribution in [1.29, 1.82) is 0 Å². The summed E-state index contributed by atoms with van der Waals surface area (Å²) < 4.78 is 11.3. The van der Waals surface area contributed by atoms with Gasteiger partial charge in [0.1, 0.15) is 5.76 Å². The first kappa shape index (κ1) is 11.6. The molecule has 6 nitrogen and oxygen atoms in total. The minimum absolute atomic E-state index is 0.127. The molecule has 0 atom stereocenters. The van der Waals surface area contributed by atoms with Crippen molar-refractivity contribution < 1.29 is 9.05 Å². The van der Waals surface area contributed by atoms with Gasteiger partial charge in [-0.15, -0.1) is 0 Å². The minimum atomic E-state index is -0.450. The molecule has 0 radical (unpaired) electrons. The van der Waals surface area contributed by atoms with E-state index in [1.54, 1.807) is 0 Å². The molecule has 0 N–H and O–H groups in total. The molecule has 0 bridgehead atoms. The molecule has 0 amide bonds. The van der Waals surface area contributed by atoms with E-state index < -0.39 is 5.76 Å². The Hall–Kier alpha value is -1.85. The first-order valence-corrected chi connectivity index (χ1v) is 5.49. The summed E-state index contributed by atoms with van der Waals surface area (Å²) in [6.45, 7) is 7.97. The number of aryl methyl sites for hydroxylation is 2. The monoisotopic (exact) mass is 237 g/mol. The minimum Gasteiger partial charge on any atom is -0.361 e. The molecule has 0 aliphatic carbocycles. The molecule has 0 fully saturated rings. The number of aromatic nitrogens is 3. The van der Waals surface area contributed by atoms with Crippen LogP contribution in [-0.2, 0) is 6.54 Å². The molecule has 0 aliphatic rings. The summed E-state index contributed by atoms with van der Waals surface area (Å²) >= 11 is 0. The van der Waals surface area contributed by atoms with Crippen LogP contribution in [0.3, 0.4) is 0 Å². The lowest BCUT2D eigenvalue weighted by atomic mass is 10.2. The van der Waals surface area contributed by atoms with Gasteiger partial charge in [-0.25, -0.2) is 4.79 Å². The fourth-order valence-corrected chi connectivity index (χ4v) is 1.73. The second-order valence-electron chi connectivity index (χ2n) is 4.35. The second kappa shape index (κ2) is 4.20. The molecular weight excluding hydrogens is 222 g/mol. The van der Waals surface area contributed by atoms with Gasteiger partial charge in [0.25, 0.3) is 0 Å². The molecule has 2 aromatic rings. The third kappa shape index (κ3) is 2.02. The van der Waals surface area contributed by atoms with Gasteiger partial charge in [0, 0.05) is 11.5 Å². The van der Waals surface area contributed by atoms with Gasteiger partial charge < -0.3 is 4.52 Å². The van der Waals surface area contributed by atoms with E-state index in [4.69, 9.17) is 9.05 Å². The maximum Gasteiger partial charge on any atom is 0.441 e. The van der Waals surface area contributed by atoms with Crippen LogP contribution < -0.4 is 5.76 Å². The topological polar surface area (TPSA) is 74.1 Å². The normalized spacial score (nSPS) is 11.4. The van der Waals surface area contributed by atoms with Crippen molar-refractivity contribution in [3.8, 4) is 0 Å². The SMILES string of the molecule is Cc1noc(C)c1Cn1c(C(C)C)noc1=O. The molecular formula is C11H15N3O3.